The molecule has 124 valence electrons. The summed E-state index contributed by atoms with van der Waals surface area (Å²) in [6, 6.07) is 5.70. The van der Waals surface area contributed by atoms with Crippen LogP contribution >= 0.6 is 12.2 Å². The van der Waals surface area contributed by atoms with E-state index in [2.05, 4.69) is 9.97 Å². The molecule has 0 fully saturated rings. The van der Waals surface area contributed by atoms with Gasteiger partial charge >= 0.3 is 0 Å². The molecule has 0 saturated heterocycles. The first-order valence-corrected chi connectivity index (χ1v) is 8.22. The van der Waals surface area contributed by atoms with Crippen LogP contribution in [0.4, 0.5) is 0 Å². The molecule has 2 aromatic rings. The molecule has 23 heavy (non-hydrogen) atoms. The van der Waals surface area contributed by atoms with Crippen LogP contribution in [0.25, 0.3) is 0 Å². The normalized spacial score (nSPS) is 10.6. The Morgan fingerprint density at radius 3 is 2.48 bits per heavy atom. The van der Waals surface area contributed by atoms with Crippen molar-refractivity contribution in [1.29, 1.82) is 0 Å². The maximum absolute atomic E-state index is 12.3. The molecule has 5 nitrogen and oxygen atoms in total. The van der Waals surface area contributed by atoms with Gasteiger partial charge in [0.1, 0.15) is 11.5 Å². The summed E-state index contributed by atoms with van der Waals surface area (Å²) in [6.07, 6.45) is 1.19. The van der Waals surface area contributed by atoms with Gasteiger partial charge in [-0.25, -0.2) is 0 Å². The van der Waals surface area contributed by atoms with E-state index in [1.54, 1.807) is 0 Å². The zero-order valence-electron chi connectivity index (χ0n) is 13.7. The average molecular weight is 334 g/mol. The molecule has 0 atom stereocenters. The third kappa shape index (κ3) is 4.22. The third-order valence-electron chi connectivity index (χ3n) is 3.50. The Morgan fingerprint density at radius 1 is 1.09 bits per heavy atom. The Kier molecular flexibility index (Phi) is 5.98. The molecule has 0 aliphatic carbocycles. The summed E-state index contributed by atoms with van der Waals surface area (Å²) in [7, 11) is 0. The molecule has 0 aliphatic heterocycles. The molecule has 0 unspecified atom stereocenters. The smallest absolute Gasteiger partial charge is 0.255 e. The third-order valence-corrected chi connectivity index (χ3v) is 3.70. The maximum Gasteiger partial charge on any atom is 0.255 e. The SMILES string of the molecule is CCOc1ccc(Cc2c(CC)[nH]c(=S)[nH]c2=O)c(OCC)c1. The molecule has 2 rings (SSSR count). The summed E-state index contributed by atoms with van der Waals surface area (Å²) in [4.78, 5) is 18.0. The summed E-state index contributed by atoms with van der Waals surface area (Å²) >= 11 is 5.04. The minimum Gasteiger partial charge on any atom is -0.494 e. The van der Waals surface area contributed by atoms with Crippen molar-refractivity contribution in [3.05, 3.63) is 50.1 Å². The number of nitrogens with one attached hydrogen (secondary N) is 2. The zero-order valence-corrected chi connectivity index (χ0v) is 14.5. The fourth-order valence-corrected chi connectivity index (χ4v) is 2.68. The monoisotopic (exact) mass is 334 g/mol. The van der Waals surface area contributed by atoms with Gasteiger partial charge in [-0.15, -0.1) is 0 Å². The van der Waals surface area contributed by atoms with E-state index in [4.69, 9.17) is 21.7 Å². The van der Waals surface area contributed by atoms with Crippen LogP contribution < -0.4 is 15.0 Å². The molecule has 1 heterocycles. The van der Waals surface area contributed by atoms with E-state index < -0.39 is 0 Å². The van der Waals surface area contributed by atoms with Crippen molar-refractivity contribution in [2.75, 3.05) is 13.2 Å². The highest BCUT2D eigenvalue weighted by Gasteiger charge is 2.12. The van der Waals surface area contributed by atoms with Crippen LogP contribution in [0.2, 0.25) is 0 Å². The lowest BCUT2D eigenvalue weighted by atomic mass is 10.0. The van der Waals surface area contributed by atoms with Crippen LogP contribution in [-0.2, 0) is 12.8 Å². The second-order valence-electron chi connectivity index (χ2n) is 5.03. The Bertz CT molecular complexity index is 780. The first kappa shape index (κ1) is 17.3. The molecule has 0 radical (unpaired) electrons. The molecule has 0 aliphatic rings. The van der Waals surface area contributed by atoms with Gasteiger partial charge in [0.2, 0.25) is 0 Å². The van der Waals surface area contributed by atoms with Crippen LogP contribution in [0.1, 0.15) is 37.6 Å². The number of H-pyrrole nitrogens is 2. The second-order valence-corrected chi connectivity index (χ2v) is 5.44. The number of aromatic nitrogens is 2. The lowest BCUT2D eigenvalue weighted by Crippen LogP contribution is -2.18. The maximum atomic E-state index is 12.3. The predicted octanol–water partition coefficient (Wildman–Crippen LogP) is 3.38. The molecular weight excluding hydrogens is 312 g/mol. The fourth-order valence-electron chi connectivity index (χ4n) is 2.47. The minimum absolute atomic E-state index is 0.151. The average Bonchev–Trinajstić information content (AvgIpc) is 2.52. The summed E-state index contributed by atoms with van der Waals surface area (Å²) in [5.74, 6) is 1.50. The summed E-state index contributed by atoms with van der Waals surface area (Å²) in [5.41, 5.74) is 2.34. The van der Waals surface area contributed by atoms with Crippen LogP contribution in [-0.4, -0.2) is 23.2 Å². The van der Waals surface area contributed by atoms with Crippen molar-refractivity contribution in [3.8, 4) is 11.5 Å². The standard InChI is InChI=1S/C17H22N2O3S/c1-4-14-13(16(20)19-17(23)18-14)9-11-7-8-12(21-5-2)10-15(11)22-6-3/h7-8,10H,4-6,9H2,1-3H3,(H2,18,19,20,23). The number of rotatable bonds is 7. The van der Waals surface area contributed by atoms with Crippen molar-refractivity contribution in [3.63, 3.8) is 0 Å². The quantitative estimate of drug-likeness (QED) is 0.762. The lowest BCUT2D eigenvalue weighted by Gasteiger charge is -2.13. The minimum atomic E-state index is -0.151. The summed E-state index contributed by atoms with van der Waals surface area (Å²) < 4.78 is 11.6. The van der Waals surface area contributed by atoms with Gasteiger partial charge in [-0.05, 0) is 44.1 Å². The van der Waals surface area contributed by atoms with E-state index in [1.807, 2.05) is 39.0 Å². The number of hydrogen-bond donors (Lipinski definition) is 2. The number of aryl methyl sites for hydroxylation is 1. The van der Waals surface area contributed by atoms with E-state index in [1.165, 1.54) is 0 Å². The zero-order chi connectivity index (χ0) is 16.8. The second kappa shape index (κ2) is 7.97. The molecular formula is C17H22N2O3S. The number of hydrogen-bond acceptors (Lipinski definition) is 4. The van der Waals surface area contributed by atoms with Crippen LogP contribution in [0.5, 0.6) is 11.5 Å². The summed E-state index contributed by atoms with van der Waals surface area (Å²) in [5, 5.41) is 0. The highest BCUT2D eigenvalue weighted by molar-refractivity contribution is 7.71. The van der Waals surface area contributed by atoms with Crippen LogP contribution in [0, 0.1) is 4.77 Å². The van der Waals surface area contributed by atoms with Crippen LogP contribution in [0.15, 0.2) is 23.0 Å². The number of benzene rings is 1. The largest absolute Gasteiger partial charge is 0.494 e. The Balaban J connectivity index is 2.43. The first-order valence-electron chi connectivity index (χ1n) is 7.81. The van der Waals surface area contributed by atoms with Gasteiger partial charge in [-0.2, -0.15) is 0 Å². The highest BCUT2D eigenvalue weighted by atomic mass is 32.1. The molecule has 1 aromatic heterocycles. The van der Waals surface area contributed by atoms with E-state index in [-0.39, 0.29) is 5.56 Å². The van der Waals surface area contributed by atoms with Crippen molar-refractivity contribution >= 4 is 12.2 Å². The summed E-state index contributed by atoms with van der Waals surface area (Å²) in [6.45, 7) is 7.01. The van der Waals surface area contributed by atoms with E-state index in [0.29, 0.717) is 36.4 Å². The van der Waals surface area contributed by atoms with Gasteiger partial charge in [-0.3, -0.25) is 9.78 Å². The van der Waals surface area contributed by atoms with Crippen molar-refractivity contribution in [1.82, 2.24) is 9.97 Å². The number of ether oxygens (including phenoxy) is 2. The van der Waals surface area contributed by atoms with Crippen molar-refractivity contribution in [2.24, 2.45) is 0 Å². The first-order chi connectivity index (χ1) is 11.1. The van der Waals surface area contributed by atoms with Gasteiger partial charge in [0.15, 0.2) is 4.77 Å². The van der Waals surface area contributed by atoms with Gasteiger partial charge in [0, 0.05) is 23.7 Å². The van der Waals surface area contributed by atoms with Crippen LogP contribution in [0.3, 0.4) is 0 Å². The highest BCUT2D eigenvalue weighted by Crippen LogP contribution is 2.27. The lowest BCUT2D eigenvalue weighted by molar-refractivity contribution is 0.321. The Morgan fingerprint density at radius 2 is 1.83 bits per heavy atom. The topological polar surface area (TPSA) is 67.1 Å². The van der Waals surface area contributed by atoms with Gasteiger partial charge in [0.25, 0.3) is 5.56 Å². The van der Waals surface area contributed by atoms with Crippen molar-refractivity contribution < 1.29 is 9.47 Å². The van der Waals surface area contributed by atoms with E-state index in [9.17, 15) is 4.79 Å². The molecule has 0 bridgehead atoms. The Labute approximate surface area is 140 Å². The van der Waals surface area contributed by atoms with Gasteiger partial charge < -0.3 is 14.5 Å². The molecule has 6 heteroatoms. The Hall–Kier alpha value is -2.08. The molecule has 1 aromatic carbocycles. The number of aromatic amines is 2. The van der Waals surface area contributed by atoms with E-state index >= 15 is 0 Å². The molecule has 0 spiro atoms. The van der Waals surface area contributed by atoms with E-state index in [0.717, 1.165) is 22.8 Å². The van der Waals surface area contributed by atoms with Crippen molar-refractivity contribution in [2.45, 2.75) is 33.6 Å². The van der Waals surface area contributed by atoms with Gasteiger partial charge in [0.05, 0.1) is 13.2 Å². The fraction of sp³-hybridized carbons (Fsp3) is 0.412. The predicted molar refractivity (Wildman–Crippen MR) is 93.2 cm³/mol. The molecule has 2 N–H and O–H groups in total. The molecule has 0 saturated carbocycles. The molecule has 0 amide bonds. The van der Waals surface area contributed by atoms with Gasteiger partial charge in [-0.1, -0.05) is 13.0 Å².